The van der Waals surface area contributed by atoms with Gasteiger partial charge in [0.25, 0.3) is 0 Å². The molecule has 0 unspecified atom stereocenters. The normalized spacial score (nSPS) is 23.3. The van der Waals surface area contributed by atoms with Crippen molar-refractivity contribution in [2.45, 2.75) is 32.0 Å². The Bertz CT molecular complexity index is 701. The number of rotatable bonds is 3. The summed E-state index contributed by atoms with van der Waals surface area (Å²) in [6, 6.07) is 0.429. The molecule has 1 aromatic rings. The van der Waals surface area contributed by atoms with Crippen LogP contribution in [0, 0.1) is 5.92 Å². The maximum atomic E-state index is 13.5. The molecule has 1 fully saturated rings. The van der Waals surface area contributed by atoms with Gasteiger partial charge < -0.3 is 0 Å². The number of hydrogen-bond acceptors (Lipinski definition) is 5. The summed E-state index contributed by atoms with van der Waals surface area (Å²) in [5, 5.41) is 3.02. The molecule has 0 bridgehead atoms. The standard InChI is InChI=1S/C15H15F3N4S/c1-9-8-11(12-4-6-19-23-12)20-13-5-7-21(22(9)13)14(10-2-3-10)15(16,17)18/h4-6,8,10,14H,2-3,7H2,1H3/t14-/m1/s1. The molecule has 3 aliphatic rings. The maximum Gasteiger partial charge on any atom is 0.406 e. The molecule has 1 atom stereocenters. The highest BCUT2D eigenvalue weighted by atomic mass is 32.1. The number of alkyl halides is 3. The molecule has 0 spiro atoms. The SMILES string of the molecule is CC1=CC(c2ccns2)=NC2=CCN([C@H](C3CC3)C(F)(F)F)N12. The second kappa shape index (κ2) is 5.17. The Morgan fingerprint density at radius 3 is 2.74 bits per heavy atom. The smallest absolute Gasteiger partial charge is 0.261 e. The molecule has 23 heavy (non-hydrogen) atoms. The van der Waals surface area contributed by atoms with Gasteiger partial charge in [0, 0.05) is 18.4 Å². The van der Waals surface area contributed by atoms with Crippen LogP contribution in [0.4, 0.5) is 13.2 Å². The Balaban J connectivity index is 1.65. The molecule has 0 saturated heterocycles. The van der Waals surface area contributed by atoms with Gasteiger partial charge in [-0.2, -0.15) is 18.2 Å². The van der Waals surface area contributed by atoms with Crippen molar-refractivity contribution < 1.29 is 13.2 Å². The van der Waals surface area contributed by atoms with Crippen LogP contribution in [0.5, 0.6) is 0 Å². The lowest BCUT2D eigenvalue weighted by atomic mass is 10.1. The molecule has 0 radical (unpaired) electrons. The van der Waals surface area contributed by atoms with Crippen LogP contribution in [-0.2, 0) is 0 Å². The van der Waals surface area contributed by atoms with Crippen molar-refractivity contribution in [1.29, 1.82) is 0 Å². The number of aromatic nitrogens is 1. The van der Waals surface area contributed by atoms with Crippen molar-refractivity contribution in [3.05, 3.63) is 40.8 Å². The number of hydrogen-bond donors (Lipinski definition) is 0. The molecule has 0 aromatic carbocycles. The van der Waals surface area contributed by atoms with E-state index in [9.17, 15) is 13.2 Å². The van der Waals surface area contributed by atoms with E-state index in [0.29, 0.717) is 18.7 Å². The summed E-state index contributed by atoms with van der Waals surface area (Å²) in [7, 11) is 0. The van der Waals surface area contributed by atoms with Crippen molar-refractivity contribution in [1.82, 2.24) is 14.4 Å². The van der Waals surface area contributed by atoms with Gasteiger partial charge in [-0.25, -0.2) is 9.37 Å². The van der Waals surface area contributed by atoms with E-state index in [1.165, 1.54) is 16.5 Å². The molecule has 3 heterocycles. The lowest BCUT2D eigenvalue weighted by Gasteiger charge is -2.39. The van der Waals surface area contributed by atoms with Crippen LogP contribution >= 0.6 is 11.5 Å². The van der Waals surface area contributed by atoms with Gasteiger partial charge in [0.1, 0.15) is 11.9 Å². The van der Waals surface area contributed by atoms with Gasteiger partial charge in [-0.05, 0) is 55.4 Å². The number of nitrogens with zero attached hydrogens (tertiary/aromatic N) is 4. The zero-order valence-corrected chi connectivity index (χ0v) is 13.2. The van der Waals surface area contributed by atoms with Crippen LogP contribution in [-0.4, -0.2) is 38.9 Å². The van der Waals surface area contributed by atoms with E-state index in [1.807, 2.05) is 19.1 Å². The molecule has 4 rings (SSSR count). The third kappa shape index (κ3) is 2.59. The number of halogens is 3. The second-order valence-corrected chi connectivity index (χ2v) is 6.81. The number of hydrazine groups is 1. The van der Waals surface area contributed by atoms with E-state index in [4.69, 9.17) is 0 Å². The van der Waals surface area contributed by atoms with Gasteiger partial charge in [-0.15, -0.1) is 0 Å². The van der Waals surface area contributed by atoms with E-state index in [-0.39, 0.29) is 12.5 Å². The molecule has 0 amide bonds. The summed E-state index contributed by atoms with van der Waals surface area (Å²) >= 11 is 1.33. The van der Waals surface area contributed by atoms with Crippen LogP contribution < -0.4 is 0 Å². The Hall–Kier alpha value is -1.67. The third-order valence-corrected chi connectivity index (χ3v) is 5.03. The third-order valence-electron chi connectivity index (χ3n) is 4.26. The first-order valence-electron chi connectivity index (χ1n) is 7.47. The van der Waals surface area contributed by atoms with E-state index in [0.717, 1.165) is 16.3 Å². The largest absolute Gasteiger partial charge is 0.406 e. The molecular formula is C15H15F3N4S. The van der Waals surface area contributed by atoms with Crippen LogP contribution in [0.15, 0.2) is 40.9 Å². The van der Waals surface area contributed by atoms with Gasteiger partial charge in [-0.3, -0.25) is 5.01 Å². The van der Waals surface area contributed by atoms with Crippen molar-refractivity contribution in [2.75, 3.05) is 6.54 Å². The van der Waals surface area contributed by atoms with Crippen LogP contribution in [0.1, 0.15) is 24.6 Å². The predicted molar refractivity (Wildman–Crippen MR) is 81.6 cm³/mol. The highest BCUT2D eigenvalue weighted by molar-refractivity contribution is 7.08. The van der Waals surface area contributed by atoms with Crippen LogP contribution in [0.2, 0.25) is 0 Å². The van der Waals surface area contributed by atoms with Crippen LogP contribution in [0.25, 0.3) is 0 Å². The molecule has 4 nitrogen and oxygen atoms in total. The summed E-state index contributed by atoms with van der Waals surface area (Å²) in [4.78, 5) is 5.43. The molecule has 122 valence electrons. The van der Waals surface area contributed by atoms with Gasteiger partial charge >= 0.3 is 6.18 Å². The average Bonchev–Trinajstić information content (AvgIpc) is 2.99. The first-order valence-corrected chi connectivity index (χ1v) is 8.24. The molecule has 2 aliphatic heterocycles. The molecule has 1 aromatic heterocycles. The second-order valence-electron chi connectivity index (χ2n) is 5.98. The first-order chi connectivity index (χ1) is 10.9. The minimum atomic E-state index is -4.23. The van der Waals surface area contributed by atoms with Gasteiger partial charge in [-0.1, -0.05) is 0 Å². The monoisotopic (exact) mass is 340 g/mol. The quantitative estimate of drug-likeness (QED) is 0.843. The Morgan fingerprint density at radius 1 is 1.35 bits per heavy atom. The fourth-order valence-corrected chi connectivity index (χ4v) is 3.72. The van der Waals surface area contributed by atoms with Gasteiger partial charge in [0.05, 0.1) is 10.6 Å². The molecule has 1 aliphatic carbocycles. The van der Waals surface area contributed by atoms with Crippen molar-refractivity contribution in [3.63, 3.8) is 0 Å². The summed E-state index contributed by atoms with van der Waals surface area (Å²) in [5.41, 5.74) is 1.51. The van der Waals surface area contributed by atoms with E-state index in [2.05, 4.69) is 9.37 Å². The molecular weight excluding hydrogens is 325 g/mol. The minimum Gasteiger partial charge on any atom is -0.261 e. The maximum absolute atomic E-state index is 13.5. The highest BCUT2D eigenvalue weighted by Gasteiger charge is 2.54. The first kappa shape index (κ1) is 14.9. The Kier molecular flexibility index (Phi) is 3.35. The number of fused-ring (bicyclic) bond motifs is 1. The summed E-state index contributed by atoms with van der Waals surface area (Å²) in [6.07, 6.45) is 2.33. The van der Waals surface area contributed by atoms with Crippen LogP contribution in [0.3, 0.4) is 0 Å². The predicted octanol–water partition coefficient (Wildman–Crippen LogP) is 3.56. The summed E-state index contributed by atoms with van der Waals surface area (Å²) in [5.74, 6) is 0.269. The highest BCUT2D eigenvalue weighted by Crippen LogP contribution is 2.46. The number of aliphatic imine (C=N–C) groups is 1. The summed E-state index contributed by atoms with van der Waals surface area (Å²) in [6.45, 7) is 2.06. The average molecular weight is 340 g/mol. The Labute approximate surface area is 135 Å². The van der Waals surface area contributed by atoms with E-state index < -0.39 is 12.2 Å². The zero-order chi connectivity index (χ0) is 16.2. The number of allylic oxidation sites excluding steroid dienone is 2. The Morgan fingerprint density at radius 2 is 2.13 bits per heavy atom. The van der Waals surface area contributed by atoms with Gasteiger partial charge in [0.15, 0.2) is 0 Å². The van der Waals surface area contributed by atoms with E-state index in [1.54, 1.807) is 17.3 Å². The fourth-order valence-electron chi connectivity index (χ4n) is 3.17. The van der Waals surface area contributed by atoms with Crippen molar-refractivity contribution >= 4 is 17.2 Å². The fraction of sp³-hybridized carbons (Fsp3) is 0.467. The van der Waals surface area contributed by atoms with Gasteiger partial charge in [0.2, 0.25) is 0 Å². The van der Waals surface area contributed by atoms with E-state index >= 15 is 0 Å². The molecule has 8 heteroatoms. The van der Waals surface area contributed by atoms with Crippen molar-refractivity contribution in [3.8, 4) is 0 Å². The van der Waals surface area contributed by atoms with Crippen molar-refractivity contribution in [2.24, 2.45) is 10.9 Å². The molecule has 1 saturated carbocycles. The lowest BCUT2D eigenvalue weighted by Crippen LogP contribution is -2.52. The topological polar surface area (TPSA) is 31.7 Å². The molecule has 0 N–H and O–H groups in total. The summed E-state index contributed by atoms with van der Waals surface area (Å²) < 4.78 is 44.5. The zero-order valence-electron chi connectivity index (χ0n) is 12.4. The lowest BCUT2D eigenvalue weighted by molar-refractivity contribution is -0.212. The minimum absolute atomic E-state index is 0.237.